The molecule has 1 aromatic carbocycles. The summed E-state index contributed by atoms with van der Waals surface area (Å²) in [6.45, 7) is 10.1. The average molecular weight is 272 g/mol. The van der Waals surface area contributed by atoms with Crippen LogP contribution in [0.25, 0.3) is 0 Å². The Morgan fingerprint density at radius 2 is 2.15 bits per heavy atom. The maximum Gasteiger partial charge on any atom is 0.0371 e. The lowest BCUT2D eigenvalue weighted by Crippen LogP contribution is -2.31. The molecule has 0 spiro atoms. The van der Waals surface area contributed by atoms with E-state index < -0.39 is 0 Å². The van der Waals surface area contributed by atoms with E-state index in [0.717, 1.165) is 31.0 Å². The molecule has 110 valence electrons. The lowest BCUT2D eigenvalue weighted by molar-refractivity contribution is 0.550. The first kappa shape index (κ1) is 13.9. The molecule has 1 heterocycles. The van der Waals surface area contributed by atoms with Gasteiger partial charge in [0.15, 0.2) is 0 Å². The highest BCUT2D eigenvalue weighted by atomic mass is 15.2. The van der Waals surface area contributed by atoms with Gasteiger partial charge in [-0.1, -0.05) is 19.9 Å². The van der Waals surface area contributed by atoms with E-state index >= 15 is 0 Å². The average Bonchev–Trinajstić information content (AvgIpc) is 3.02. The van der Waals surface area contributed by atoms with Crippen LogP contribution >= 0.6 is 0 Å². The first-order valence-electron chi connectivity index (χ1n) is 8.20. The van der Waals surface area contributed by atoms with Gasteiger partial charge in [-0.25, -0.2) is 0 Å². The molecular weight excluding hydrogens is 244 g/mol. The normalized spacial score (nSPS) is 24.9. The van der Waals surface area contributed by atoms with Crippen molar-refractivity contribution in [3.63, 3.8) is 0 Å². The Hall–Kier alpha value is -1.02. The summed E-state index contributed by atoms with van der Waals surface area (Å²) in [6, 6.07) is 7.88. The Balaban J connectivity index is 1.65. The second kappa shape index (κ2) is 5.77. The van der Waals surface area contributed by atoms with Crippen molar-refractivity contribution in [2.24, 2.45) is 11.8 Å². The molecule has 2 heteroatoms. The highest BCUT2D eigenvalue weighted by Crippen LogP contribution is 2.40. The van der Waals surface area contributed by atoms with Gasteiger partial charge in [-0.05, 0) is 67.8 Å². The molecule has 0 amide bonds. The highest BCUT2D eigenvalue weighted by molar-refractivity contribution is 5.53. The van der Waals surface area contributed by atoms with Gasteiger partial charge >= 0.3 is 0 Å². The number of hydrogen-bond donors (Lipinski definition) is 1. The van der Waals surface area contributed by atoms with Crippen molar-refractivity contribution in [3.05, 3.63) is 29.3 Å². The quantitative estimate of drug-likeness (QED) is 0.878. The molecule has 2 nitrogen and oxygen atoms in total. The fourth-order valence-corrected chi connectivity index (χ4v) is 3.79. The van der Waals surface area contributed by atoms with E-state index in [-0.39, 0.29) is 0 Å². The molecule has 1 saturated heterocycles. The van der Waals surface area contributed by atoms with Gasteiger partial charge in [0.2, 0.25) is 0 Å². The highest BCUT2D eigenvalue weighted by Gasteiger charge is 2.37. The fraction of sp³-hybridized carbons (Fsp3) is 0.667. The number of nitrogens with zero attached hydrogens (tertiary/aromatic N) is 1. The third kappa shape index (κ3) is 2.85. The van der Waals surface area contributed by atoms with E-state index in [4.69, 9.17) is 0 Å². The van der Waals surface area contributed by atoms with Crippen molar-refractivity contribution >= 4 is 5.69 Å². The van der Waals surface area contributed by atoms with E-state index in [2.05, 4.69) is 49.2 Å². The summed E-state index contributed by atoms with van der Waals surface area (Å²) < 4.78 is 0. The molecule has 1 aromatic rings. The maximum atomic E-state index is 3.54. The second-order valence-corrected chi connectivity index (χ2v) is 7.12. The van der Waals surface area contributed by atoms with E-state index in [1.807, 2.05) is 0 Å². The number of piperidine rings is 1. The Kier molecular flexibility index (Phi) is 4.02. The number of fused-ring (bicyclic) bond motifs is 2. The van der Waals surface area contributed by atoms with E-state index in [9.17, 15) is 0 Å². The molecule has 2 fully saturated rings. The van der Waals surface area contributed by atoms with E-state index in [1.54, 1.807) is 0 Å². The Labute approximate surface area is 123 Å². The van der Waals surface area contributed by atoms with Crippen molar-refractivity contribution in [3.8, 4) is 0 Å². The zero-order valence-electron chi connectivity index (χ0n) is 13.2. The van der Waals surface area contributed by atoms with Crippen LogP contribution in [0.1, 0.15) is 44.2 Å². The summed E-state index contributed by atoms with van der Waals surface area (Å²) in [5, 5.41) is 3.54. The maximum absolute atomic E-state index is 3.54. The Bertz CT molecular complexity index is 466. The molecule has 1 N–H and O–H groups in total. The molecule has 1 saturated carbocycles. The summed E-state index contributed by atoms with van der Waals surface area (Å²) in [7, 11) is 0. The number of hydrogen-bond acceptors (Lipinski definition) is 2. The van der Waals surface area contributed by atoms with Crippen LogP contribution in [0.4, 0.5) is 5.69 Å². The van der Waals surface area contributed by atoms with Gasteiger partial charge in [-0.2, -0.15) is 0 Å². The molecule has 20 heavy (non-hydrogen) atoms. The Morgan fingerprint density at radius 1 is 1.30 bits per heavy atom. The van der Waals surface area contributed by atoms with Crippen molar-refractivity contribution in [1.29, 1.82) is 0 Å². The number of benzene rings is 1. The number of nitrogens with one attached hydrogen (secondary N) is 1. The Morgan fingerprint density at radius 3 is 2.75 bits per heavy atom. The van der Waals surface area contributed by atoms with E-state index in [0.29, 0.717) is 0 Å². The monoisotopic (exact) mass is 272 g/mol. The summed E-state index contributed by atoms with van der Waals surface area (Å²) in [6.07, 6.45) is 4.29. The molecule has 2 bridgehead atoms. The van der Waals surface area contributed by atoms with Crippen LogP contribution in [0.2, 0.25) is 0 Å². The SMILES string of the molecule is Cc1cc(N2CC3CCC2C3)ccc1CNCC(C)C. The van der Waals surface area contributed by atoms with Crippen molar-refractivity contribution < 1.29 is 0 Å². The minimum Gasteiger partial charge on any atom is -0.368 e. The lowest BCUT2D eigenvalue weighted by atomic mass is 10.0. The molecule has 0 radical (unpaired) electrons. The smallest absolute Gasteiger partial charge is 0.0371 e. The van der Waals surface area contributed by atoms with Gasteiger partial charge in [0.1, 0.15) is 0 Å². The van der Waals surface area contributed by atoms with Crippen LogP contribution < -0.4 is 10.2 Å². The van der Waals surface area contributed by atoms with Crippen molar-refractivity contribution in [2.45, 2.75) is 52.6 Å². The van der Waals surface area contributed by atoms with Gasteiger partial charge in [0.05, 0.1) is 0 Å². The molecule has 1 aliphatic heterocycles. The molecule has 1 aliphatic carbocycles. The zero-order chi connectivity index (χ0) is 14.1. The second-order valence-electron chi connectivity index (χ2n) is 7.12. The lowest BCUT2D eigenvalue weighted by Gasteiger charge is -2.29. The van der Waals surface area contributed by atoms with Crippen molar-refractivity contribution in [1.82, 2.24) is 5.32 Å². The van der Waals surface area contributed by atoms with Crippen LogP contribution in [0.5, 0.6) is 0 Å². The van der Waals surface area contributed by atoms with Gasteiger partial charge in [0.25, 0.3) is 0 Å². The van der Waals surface area contributed by atoms with Gasteiger partial charge in [-0.3, -0.25) is 0 Å². The van der Waals surface area contributed by atoms with Crippen LogP contribution in [-0.4, -0.2) is 19.1 Å². The van der Waals surface area contributed by atoms with Gasteiger partial charge in [0, 0.05) is 24.8 Å². The van der Waals surface area contributed by atoms with Crippen molar-refractivity contribution in [2.75, 3.05) is 18.0 Å². The molecule has 0 aromatic heterocycles. The predicted molar refractivity (Wildman–Crippen MR) is 86.2 cm³/mol. The topological polar surface area (TPSA) is 15.3 Å². The first-order valence-corrected chi connectivity index (χ1v) is 8.20. The van der Waals surface area contributed by atoms with Crippen LogP contribution in [-0.2, 0) is 6.54 Å². The largest absolute Gasteiger partial charge is 0.368 e. The molecular formula is C18H28N2. The third-order valence-electron chi connectivity index (χ3n) is 4.94. The fourth-order valence-electron chi connectivity index (χ4n) is 3.79. The summed E-state index contributed by atoms with van der Waals surface area (Å²) in [4.78, 5) is 2.65. The van der Waals surface area contributed by atoms with Gasteiger partial charge in [-0.15, -0.1) is 0 Å². The first-order chi connectivity index (χ1) is 9.63. The number of aryl methyl sites for hydroxylation is 1. The third-order valence-corrected chi connectivity index (χ3v) is 4.94. The summed E-state index contributed by atoms with van der Waals surface area (Å²) in [5.41, 5.74) is 4.32. The minimum absolute atomic E-state index is 0.717. The number of anilines is 1. The van der Waals surface area contributed by atoms with Crippen LogP contribution in [0, 0.1) is 18.8 Å². The molecule has 2 unspecified atom stereocenters. The zero-order valence-corrected chi connectivity index (χ0v) is 13.2. The van der Waals surface area contributed by atoms with Gasteiger partial charge < -0.3 is 10.2 Å². The minimum atomic E-state index is 0.717. The summed E-state index contributed by atoms with van der Waals surface area (Å²) >= 11 is 0. The van der Waals surface area contributed by atoms with E-state index in [1.165, 1.54) is 42.6 Å². The standard InChI is InChI=1S/C18H28N2/c1-13(2)10-19-11-16-5-7-17(8-14(16)3)20-12-15-4-6-18(20)9-15/h5,7-8,13,15,18-19H,4,6,9-12H2,1-3H3. The predicted octanol–water partition coefficient (Wildman–Crippen LogP) is 3.73. The molecule has 2 aliphatic rings. The van der Waals surface area contributed by atoms with Crippen LogP contribution in [0.15, 0.2) is 18.2 Å². The molecule has 3 rings (SSSR count). The number of rotatable bonds is 5. The molecule has 2 atom stereocenters. The van der Waals surface area contributed by atoms with Crippen LogP contribution in [0.3, 0.4) is 0 Å². The summed E-state index contributed by atoms with van der Waals surface area (Å²) in [5.74, 6) is 1.68.